The van der Waals surface area contributed by atoms with Crippen molar-refractivity contribution < 1.29 is 9.59 Å². The van der Waals surface area contributed by atoms with E-state index in [-0.39, 0.29) is 18.2 Å². The molecule has 4 heterocycles. The molecule has 2 amide bonds. The van der Waals surface area contributed by atoms with E-state index >= 15 is 0 Å². The average Bonchev–Trinajstić information content (AvgIpc) is 3.31. The molecule has 2 aromatic rings. The van der Waals surface area contributed by atoms with Gasteiger partial charge in [0.2, 0.25) is 17.8 Å². The van der Waals surface area contributed by atoms with Gasteiger partial charge >= 0.3 is 0 Å². The molecule has 0 bridgehead atoms. The Balaban J connectivity index is 1.58. The maximum atomic E-state index is 11.9. The third-order valence-corrected chi connectivity index (χ3v) is 5.16. The summed E-state index contributed by atoms with van der Waals surface area (Å²) in [5.74, 6) is 0.751. The first-order chi connectivity index (χ1) is 13.2. The van der Waals surface area contributed by atoms with Gasteiger partial charge in [-0.3, -0.25) is 14.9 Å². The summed E-state index contributed by atoms with van der Waals surface area (Å²) in [6.07, 6.45) is 9.24. The van der Waals surface area contributed by atoms with Crippen LogP contribution in [-0.4, -0.2) is 50.5 Å². The molecule has 140 valence electrons. The van der Waals surface area contributed by atoms with Crippen LogP contribution in [0.25, 0.3) is 11.7 Å². The smallest absolute Gasteiger partial charge is 0.254 e. The van der Waals surface area contributed by atoms with Crippen LogP contribution < -0.4 is 15.5 Å². The molecular formula is C18H21N7O2. The molecule has 0 atom stereocenters. The zero-order valence-electron chi connectivity index (χ0n) is 14.9. The predicted molar refractivity (Wildman–Crippen MR) is 99.2 cm³/mol. The fraction of sp³-hybridized carbons (Fsp3) is 0.500. The van der Waals surface area contributed by atoms with Gasteiger partial charge in [-0.1, -0.05) is 0 Å². The molecule has 9 heteroatoms. The lowest BCUT2D eigenvalue weighted by molar-refractivity contribution is -0.124. The van der Waals surface area contributed by atoms with Gasteiger partial charge in [-0.25, -0.2) is 0 Å². The van der Waals surface area contributed by atoms with E-state index in [1.54, 1.807) is 16.8 Å². The molecule has 0 spiro atoms. The highest BCUT2D eigenvalue weighted by Gasteiger charge is 2.27. The Hall–Kier alpha value is -2.97. The van der Waals surface area contributed by atoms with E-state index in [2.05, 4.69) is 20.6 Å². The quantitative estimate of drug-likeness (QED) is 0.616. The van der Waals surface area contributed by atoms with Crippen molar-refractivity contribution in [2.24, 2.45) is 0 Å². The first-order valence-electron chi connectivity index (χ1n) is 9.49. The molecule has 0 unspecified atom stereocenters. The van der Waals surface area contributed by atoms with Crippen LogP contribution in [0.2, 0.25) is 0 Å². The number of rotatable bonds is 4. The van der Waals surface area contributed by atoms with Crippen LogP contribution in [0.1, 0.15) is 44.1 Å². The van der Waals surface area contributed by atoms with Crippen molar-refractivity contribution in [3.05, 3.63) is 17.3 Å². The van der Waals surface area contributed by atoms with Crippen LogP contribution in [-0.2, 0) is 9.59 Å². The van der Waals surface area contributed by atoms with E-state index in [1.165, 1.54) is 6.42 Å². The molecule has 0 aromatic carbocycles. The number of fused-ring (bicyclic) bond motifs is 1. The van der Waals surface area contributed by atoms with Crippen molar-refractivity contribution in [3.8, 4) is 0 Å². The van der Waals surface area contributed by atoms with Crippen LogP contribution in [0.4, 0.5) is 11.9 Å². The first-order valence-corrected chi connectivity index (χ1v) is 9.49. The minimum atomic E-state index is -0.346. The number of anilines is 2. The van der Waals surface area contributed by atoms with Crippen LogP contribution in [0, 0.1) is 0 Å². The van der Waals surface area contributed by atoms with Crippen molar-refractivity contribution in [3.63, 3.8) is 0 Å². The Morgan fingerprint density at radius 1 is 1.15 bits per heavy atom. The van der Waals surface area contributed by atoms with E-state index in [4.69, 9.17) is 9.97 Å². The second kappa shape index (κ2) is 6.33. The fourth-order valence-electron chi connectivity index (χ4n) is 3.53. The van der Waals surface area contributed by atoms with Gasteiger partial charge in [-0.2, -0.15) is 19.6 Å². The van der Waals surface area contributed by atoms with E-state index in [9.17, 15) is 9.59 Å². The van der Waals surface area contributed by atoms with Gasteiger partial charge in [-0.05, 0) is 38.2 Å². The van der Waals surface area contributed by atoms with Crippen molar-refractivity contribution in [1.82, 2.24) is 24.9 Å². The second-order valence-corrected chi connectivity index (χ2v) is 7.37. The van der Waals surface area contributed by atoms with Gasteiger partial charge in [0.05, 0.1) is 12.6 Å². The Morgan fingerprint density at radius 3 is 2.67 bits per heavy atom. The summed E-state index contributed by atoms with van der Waals surface area (Å²) in [6, 6.07) is 0.432. The SMILES string of the molecule is O=C1C/C(=C\c2cnn3c(NC4CC4)nc(N4CCCCC4)nc23)C(=O)N1. The molecule has 5 rings (SSSR count). The molecule has 3 aliphatic rings. The number of carbonyl (C=O) groups is 2. The van der Waals surface area contributed by atoms with Crippen LogP contribution in [0.3, 0.4) is 0 Å². The van der Waals surface area contributed by atoms with Gasteiger partial charge in [0, 0.05) is 30.3 Å². The van der Waals surface area contributed by atoms with Crippen molar-refractivity contribution in [2.75, 3.05) is 23.3 Å². The van der Waals surface area contributed by atoms with Crippen LogP contribution >= 0.6 is 0 Å². The van der Waals surface area contributed by atoms with Crippen LogP contribution in [0.5, 0.6) is 0 Å². The van der Waals surface area contributed by atoms with Gasteiger partial charge in [0.1, 0.15) is 0 Å². The zero-order chi connectivity index (χ0) is 18.4. The number of aromatic nitrogens is 4. The lowest BCUT2D eigenvalue weighted by Crippen LogP contribution is -2.31. The topological polar surface area (TPSA) is 105 Å². The lowest BCUT2D eigenvalue weighted by atomic mass is 10.1. The third-order valence-electron chi connectivity index (χ3n) is 5.16. The van der Waals surface area contributed by atoms with Crippen molar-refractivity contribution >= 4 is 35.4 Å². The van der Waals surface area contributed by atoms with Crippen LogP contribution in [0.15, 0.2) is 11.8 Å². The Bertz CT molecular complexity index is 954. The summed E-state index contributed by atoms with van der Waals surface area (Å²) in [7, 11) is 0. The monoisotopic (exact) mass is 367 g/mol. The highest BCUT2D eigenvalue weighted by Crippen LogP contribution is 2.27. The average molecular weight is 367 g/mol. The number of nitrogens with one attached hydrogen (secondary N) is 2. The highest BCUT2D eigenvalue weighted by molar-refractivity contribution is 6.15. The number of imide groups is 1. The van der Waals surface area contributed by atoms with Gasteiger partial charge in [0.15, 0.2) is 5.65 Å². The predicted octanol–water partition coefficient (Wildman–Crippen LogP) is 1.12. The summed E-state index contributed by atoms with van der Waals surface area (Å²) < 4.78 is 1.69. The molecule has 2 saturated heterocycles. The van der Waals surface area contributed by atoms with Crippen molar-refractivity contribution in [1.29, 1.82) is 0 Å². The summed E-state index contributed by atoms with van der Waals surface area (Å²) in [6.45, 7) is 1.89. The summed E-state index contributed by atoms with van der Waals surface area (Å²) in [5, 5.41) is 10.2. The van der Waals surface area contributed by atoms with E-state index in [1.807, 2.05) is 0 Å². The number of nitrogens with zero attached hydrogens (tertiary/aromatic N) is 5. The largest absolute Gasteiger partial charge is 0.351 e. The Morgan fingerprint density at radius 2 is 1.96 bits per heavy atom. The molecule has 0 radical (unpaired) electrons. The Labute approximate surface area is 155 Å². The molecule has 27 heavy (non-hydrogen) atoms. The van der Waals surface area contributed by atoms with Gasteiger partial charge < -0.3 is 10.2 Å². The number of hydrogen-bond donors (Lipinski definition) is 2. The number of carbonyl (C=O) groups excluding carboxylic acids is 2. The minimum Gasteiger partial charge on any atom is -0.351 e. The maximum absolute atomic E-state index is 11.9. The maximum Gasteiger partial charge on any atom is 0.254 e. The third kappa shape index (κ3) is 3.13. The second-order valence-electron chi connectivity index (χ2n) is 7.37. The normalized spacial score (nSPS) is 21.9. The molecule has 1 aliphatic carbocycles. The van der Waals surface area contributed by atoms with Gasteiger partial charge in [-0.15, -0.1) is 0 Å². The summed E-state index contributed by atoms with van der Waals surface area (Å²) in [5.41, 5.74) is 1.80. The minimum absolute atomic E-state index is 0.0907. The van der Waals surface area contributed by atoms with Gasteiger partial charge in [0.25, 0.3) is 5.91 Å². The number of amides is 2. The number of hydrogen-bond acceptors (Lipinski definition) is 7. The van der Waals surface area contributed by atoms with E-state index < -0.39 is 0 Å². The fourth-order valence-corrected chi connectivity index (χ4v) is 3.53. The Kier molecular flexibility index (Phi) is 3.80. The zero-order valence-corrected chi connectivity index (χ0v) is 14.9. The van der Waals surface area contributed by atoms with E-state index in [0.29, 0.717) is 34.7 Å². The number of piperidine rings is 1. The summed E-state index contributed by atoms with van der Waals surface area (Å²) in [4.78, 5) is 35.0. The van der Waals surface area contributed by atoms with E-state index in [0.717, 1.165) is 38.8 Å². The molecule has 3 fully saturated rings. The standard InChI is InChI=1S/C18H21N7O2/c26-14-9-11(16(27)21-14)8-12-10-19-25-15(12)22-17(24-6-2-1-3-7-24)23-18(25)20-13-4-5-13/h8,10,13H,1-7,9H2,(H,20,22,23)(H,21,26,27)/b11-8+. The molecule has 2 aromatic heterocycles. The first kappa shape index (κ1) is 16.2. The van der Waals surface area contributed by atoms with Crippen molar-refractivity contribution in [2.45, 2.75) is 44.6 Å². The lowest BCUT2D eigenvalue weighted by Gasteiger charge is -2.27. The highest BCUT2D eigenvalue weighted by atomic mass is 16.2. The molecule has 2 aliphatic heterocycles. The molecule has 2 N–H and O–H groups in total. The molecule has 9 nitrogen and oxygen atoms in total. The molecular weight excluding hydrogens is 346 g/mol. The molecule has 1 saturated carbocycles. The summed E-state index contributed by atoms with van der Waals surface area (Å²) >= 11 is 0.